The van der Waals surface area contributed by atoms with E-state index in [1.807, 2.05) is 4.90 Å². The minimum Gasteiger partial charge on any atom is -0.356 e. The highest BCUT2D eigenvalue weighted by Gasteiger charge is 2.32. The van der Waals surface area contributed by atoms with E-state index >= 15 is 0 Å². The second kappa shape index (κ2) is 9.54. The molecule has 5 heteroatoms. The molecule has 2 fully saturated rings. The summed E-state index contributed by atoms with van der Waals surface area (Å²) in [4.78, 5) is 29.4. The van der Waals surface area contributed by atoms with Gasteiger partial charge in [0.25, 0.3) is 0 Å². The first kappa shape index (κ1) is 19.4. The van der Waals surface area contributed by atoms with Gasteiger partial charge in [0.2, 0.25) is 11.8 Å². The Morgan fingerprint density at radius 3 is 2.38 bits per heavy atom. The highest BCUT2D eigenvalue weighted by molar-refractivity contribution is 5.81. The molecule has 5 nitrogen and oxygen atoms in total. The zero-order valence-corrected chi connectivity index (χ0v) is 16.3. The summed E-state index contributed by atoms with van der Waals surface area (Å²) in [6.45, 7) is 4.42. The lowest BCUT2D eigenvalue weighted by molar-refractivity contribution is -0.139. The molecule has 1 heterocycles. The average Bonchev–Trinajstić information content (AvgIpc) is 2.69. The molecule has 0 spiro atoms. The van der Waals surface area contributed by atoms with Crippen molar-refractivity contribution in [2.75, 3.05) is 39.8 Å². The SMILES string of the molecule is CN1CCN(C(=O)C2CCC(C(=O)NCCC3=CCCCC3)CC2)CC1. The van der Waals surface area contributed by atoms with Gasteiger partial charge in [-0.15, -0.1) is 0 Å². The Morgan fingerprint density at radius 1 is 1.04 bits per heavy atom. The molecule has 0 bridgehead atoms. The lowest BCUT2D eigenvalue weighted by Gasteiger charge is -2.36. The first-order chi connectivity index (χ1) is 12.6. The van der Waals surface area contributed by atoms with Gasteiger partial charge in [0.15, 0.2) is 0 Å². The molecule has 2 aliphatic carbocycles. The van der Waals surface area contributed by atoms with Crippen LogP contribution in [-0.2, 0) is 9.59 Å². The molecule has 0 aromatic carbocycles. The van der Waals surface area contributed by atoms with Crippen molar-refractivity contribution in [1.82, 2.24) is 15.1 Å². The molecule has 0 radical (unpaired) electrons. The van der Waals surface area contributed by atoms with Gasteiger partial charge in [-0.05, 0) is 64.8 Å². The number of nitrogens with one attached hydrogen (secondary N) is 1. The molecule has 3 rings (SSSR count). The molecule has 0 aromatic rings. The average molecular weight is 362 g/mol. The van der Waals surface area contributed by atoms with Crippen molar-refractivity contribution in [2.45, 2.75) is 57.8 Å². The van der Waals surface area contributed by atoms with Crippen LogP contribution in [0.2, 0.25) is 0 Å². The standard InChI is InChI=1S/C21H35N3O2/c1-23-13-15-24(16-14-23)21(26)19-9-7-18(8-10-19)20(25)22-12-11-17-5-3-2-4-6-17/h5,18-19H,2-4,6-16H2,1H3,(H,22,25). The number of hydrogen-bond donors (Lipinski definition) is 1. The van der Waals surface area contributed by atoms with Crippen LogP contribution in [0.15, 0.2) is 11.6 Å². The first-order valence-corrected chi connectivity index (χ1v) is 10.6. The fraction of sp³-hybridized carbons (Fsp3) is 0.810. The van der Waals surface area contributed by atoms with Gasteiger partial charge < -0.3 is 15.1 Å². The summed E-state index contributed by atoms with van der Waals surface area (Å²) in [5.74, 6) is 0.759. The number of piperazine rings is 1. The molecule has 146 valence electrons. The van der Waals surface area contributed by atoms with Crippen LogP contribution in [0.4, 0.5) is 0 Å². The van der Waals surface area contributed by atoms with Gasteiger partial charge in [-0.25, -0.2) is 0 Å². The van der Waals surface area contributed by atoms with Crippen molar-refractivity contribution >= 4 is 11.8 Å². The van der Waals surface area contributed by atoms with Gasteiger partial charge in [0.05, 0.1) is 0 Å². The monoisotopic (exact) mass is 361 g/mol. The van der Waals surface area contributed by atoms with Crippen LogP contribution in [0.25, 0.3) is 0 Å². The predicted molar refractivity (Wildman–Crippen MR) is 104 cm³/mol. The number of nitrogens with zero attached hydrogens (tertiary/aromatic N) is 2. The third-order valence-electron chi connectivity index (χ3n) is 6.39. The van der Waals surface area contributed by atoms with E-state index in [9.17, 15) is 9.59 Å². The first-order valence-electron chi connectivity index (χ1n) is 10.6. The smallest absolute Gasteiger partial charge is 0.225 e. The number of carbonyl (C=O) groups excluding carboxylic acids is 2. The fourth-order valence-electron chi connectivity index (χ4n) is 4.51. The van der Waals surface area contributed by atoms with Crippen molar-refractivity contribution in [3.63, 3.8) is 0 Å². The summed E-state index contributed by atoms with van der Waals surface area (Å²) in [7, 11) is 2.11. The number of likely N-dealkylation sites (N-methyl/N-ethyl adjacent to an activating group) is 1. The molecule has 3 aliphatic rings. The van der Waals surface area contributed by atoms with Crippen LogP contribution in [0, 0.1) is 11.8 Å². The topological polar surface area (TPSA) is 52.7 Å². The molecule has 0 unspecified atom stereocenters. The molecule has 1 aliphatic heterocycles. The number of rotatable bonds is 5. The molecule has 0 aromatic heterocycles. The van der Waals surface area contributed by atoms with Crippen molar-refractivity contribution in [2.24, 2.45) is 11.8 Å². The molecule has 26 heavy (non-hydrogen) atoms. The normalized spacial score (nSPS) is 27.7. The Balaban J connectivity index is 1.35. The Labute approximate surface area is 158 Å². The van der Waals surface area contributed by atoms with Gasteiger partial charge in [0.1, 0.15) is 0 Å². The molecule has 2 amide bonds. The second-order valence-electron chi connectivity index (χ2n) is 8.33. The summed E-state index contributed by atoms with van der Waals surface area (Å²) in [6.07, 6.45) is 11.8. The van der Waals surface area contributed by atoms with Crippen molar-refractivity contribution < 1.29 is 9.59 Å². The minimum atomic E-state index is 0.104. The van der Waals surface area contributed by atoms with Gasteiger partial charge in [0, 0.05) is 44.6 Å². The van der Waals surface area contributed by atoms with Crippen molar-refractivity contribution in [3.8, 4) is 0 Å². The van der Waals surface area contributed by atoms with Gasteiger partial charge in [-0.1, -0.05) is 11.6 Å². The van der Waals surface area contributed by atoms with Crippen LogP contribution >= 0.6 is 0 Å². The maximum atomic E-state index is 12.7. The van der Waals surface area contributed by atoms with Crippen molar-refractivity contribution in [3.05, 3.63) is 11.6 Å². The summed E-state index contributed by atoms with van der Waals surface area (Å²) < 4.78 is 0. The van der Waals surface area contributed by atoms with E-state index in [4.69, 9.17) is 0 Å². The summed E-state index contributed by atoms with van der Waals surface area (Å²) in [5.41, 5.74) is 1.51. The van der Waals surface area contributed by atoms with Gasteiger partial charge >= 0.3 is 0 Å². The molecular formula is C21H35N3O2. The van der Waals surface area contributed by atoms with Crippen LogP contribution in [-0.4, -0.2) is 61.4 Å². The molecule has 1 saturated heterocycles. The Morgan fingerprint density at radius 2 is 1.73 bits per heavy atom. The zero-order valence-electron chi connectivity index (χ0n) is 16.3. The number of carbonyl (C=O) groups is 2. The van der Waals surface area contributed by atoms with Crippen LogP contribution < -0.4 is 5.32 Å². The van der Waals surface area contributed by atoms with E-state index in [1.54, 1.807) is 0 Å². The quantitative estimate of drug-likeness (QED) is 0.766. The third-order valence-corrected chi connectivity index (χ3v) is 6.39. The summed E-state index contributed by atoms with van der Waals surface area (Å²) in [5, 5.41) is 3.13. The molecular weight excluding hydrogens is 326 g/mol. The summed E-state index contributed by atoms with van der Waals surface area (Å²) >= 11 is 0. The highest BCUT2D eigenvalue weighted by atomic mass is 16.2. The number of amides is 2. The van der Waals surface area contributed by atoms with Crippen LogP contribution in [0.3, 0.4) is 0 Å². The molecule has 1 N–H and O–H groups in total. The highest BCUT2D eigenvalue weighted by Crippen LogP contribution is 2.30. The van der Waals surface area contributed by atoms with E-state index < -0.39 is 0 Å². The number of allylic oxidation sites excluding steroid dienone is 1. The van der Waals surface area contributed by atoms with Gasteiger partial charge in [-0.3, -0.25) is 9.59 Å². The second-order valence-corrected chi connectivity index (χ2v) is 8.33. The largest absolute Gasteiger partial charge is 0.356 e. The van der Waals surface area contributed by atoms with E-state index in [-0.39, 0.29) is 17.7 Å². The van der Waals surface area contributed by atoms with E-state index in [1.165, 1.54) is 31.3 Å². The molecule has 1 saturated carbocycles. The number of hydrogen-bond acceptors (Lipinski definition) is 3. The lowest BCUT2D eigenvalue weighted by atomic mass is 9.80. The Kier molecular flexibility index (Phi) is 7.12. The molecule has 0 atom stereocenters. The summed E-state index contributed by atoms with van der Waals surface area (Å²) in [6, 6.07) is 0. The van der Waals surface area contributed by atoms with Crippen LogP contribution in [0.5, 0.6) is 0 Å². The maximum Gasteiger partial charge on any atom is 0.225 e. The lowest BCUT2D eigenvalue weighted by Crippen LogP contribution is -2.49. The fourth-order valence-corrected chi connectivity index (χ4v) is 4.51. The van der Waals surface area contributed by atoms with Gasteiger partial charge in [-0.2, -0.15) is 0 Å². The van der Waals surface area contributed by atoms with Crippen LogP contribution in [0.1, 0.15) is 57.8 Å². The van der Waals surface area contributed by atoms with E-state index in [0.717, 1.165) is 64.8 Å². The van der Waals surface area contributed by atoms with E-state index in [0.29, 0.717) is 5.91 Å². The zero-order chi connectivity index (χ0) is 18.4. The van der Waals surface area contributed by atoms with Crippen molar-refractivity contribution in [1.29, 1.82) is 0 Å². The minimum absolute atomic E-state index is 0.104. The Bertz CT molecular complexity index is 515. The van der Waals surface area contributed by atoms with E-state index in [2.05, 4.69) is 23.3 Å². The third kappa shape index (κ3) is 5.32. The Hall–Kier alpha value is -1.36. The predicted octanol–water partition coefficient (Wildman–Crippen LogP) is 2.57. The maximum absolute atomic E-state index is 12.7.